The van der Waals surface area contributed by atoms with Gasteiger partial charge in [0.2, 0.25) is 0 Å². The van der Waals surface area contributed by atoms with Gasteiger partial charge in [0.1, 0.15) is 5.82 Å². The molecule has 0 N–H and O–H groups in total. The maximum absolute atomic E-state index is 15.5. The first-order valence-corrected chi connectivity index (χ1v) is 17.1. The number of anilines is 1. The van der Waals surface area contributed by atoms with Crippen LogP contribution in [0.15, 0.2) is 126 Å². The van der Waals surface area contributed by atoms with E-state index in [9.17, 15) is 0 Å². The van der Waals surface area contributed by atoms with Crippen LogP contribution in [0.1, 0.15) is 72.9 Å². The van der Waals surface area contributed by atoms with Crippen molar-refractivity contribution in [3.05, 3.63) is 143 Å². The van der Waals surface area contributed by atoms with Gasteiger partial charge in [-0.05, 0) is 111 Å². The summed E-state index contributed by atoms with van der Waals surface area (Å²) < 4.78 is 18.7. The van der Waals surface area contributed by atoms with Crippen LogP contribution in [0.25, 0.3) is 38.6 Å². The number of benzene rings is 4. The lowest BCUT2D eigenvalue weighted by molar-refractivity contribution is 0.590. The minimum absolute atomic E-state index is 0.0111. The fourth-order valence-corrected chi connectivity index (χ4v) is 6.66. The molecule has 5 aromatic rings. The minimum Gasteiger partial charge on any atom is -0.310 e. The Hall–Kier alpha value is -4.15. The first-order valence-electron chi connectivity index (χ1n) is 16.3. The van der Waals surface area contributed by atoms with Crippen molar-refractivity contribution in [3.63, 3.8) is 0 Å². The zero-order valence-corrected chi connectivity index (χ0v) is 30.6. The lowest BCUT2D eigenvalue weighted by Gasteiger charge is -2.29. The molecule has 0 atom stereocenters. The van der Waals surface area contributed by atoms with E-state index in [4.69, 9.17) is 0 Å². The van der Waals surface area contributed by atoms with Crippen molar-refractivity contribution >= 4 is 43.4 Å². The second kappa shape index (κ2) is 13.2. The number of nitrogens with zero attached hydrogens (tertiary/aromatic N) is 2. The first-order chi connectivity index (χ1) is 22.2. The highest BCUT2D eigenvalue weighted by molar-refractivity contribution is 9.10. The van der Waals surface area contributed by atoms with Crippen LogP contribution in [0.5, 0.6) is 0 Å². The van der Waals surface area contributed by atoms with Gasteiger partial charge in [-0.1, -0.05) is 104 Å². The molecule has 2 nitrogen and oxygen atoms in total. The van der Waals surface area contributed by atoms with Gasteiger partial charge in [0, 0.05) is 27.7 Å². The molecule has 5 rings (SSSR count). The third-order valence-electron chi connectivity index (χ3n) is 8.68. The fourth-order valence-electron chi connectivity index (χ4n) is 6.08. The van der Waals surface area contributed by atoms with Gasteiger partial charge < -0.3 is 9.47 Å². The summed E-state index contributed by atoms with van der Waals surface area (Å²) >= 11 is 4.06. The fraction of sp³-hybridized carbons (Fsp3) is 0.256. The third kappa shape index (κ3) is 6.67. The average molecular weight is 690 g/mol. The van der Waals surface area contributed by atoms with Crippen molar-refractivity contribution in [3.8, 4) is 16.8 Å². The topological polar surface area (TPSA) is 8.17 Å². The standard InChI is InChI=1S/C43H46BrFN2/c1-11-13-17-29(4)46(28(3)16-12-2)39-24-30(33-18-14-15-19-36(33)45)25-40(41(39)44)47-37-22-20-31(42(5,6)7)26-34(37)35-27-32(43(8,9)10)21-23-38(35)47/h12-27H,3-4,11H2,1-2,5-10H3/b16-12-,17-13-. The molecule has 0 saturated heterocycles. The summed E-state index contributed by atoms with van der Waals surface area (Å²) in [4.78, 5) is 2.04. The molecule has 0 amide bonds. The van der Waals surface area contributed by atoms with Crippen molar-refractivity contribution in [2.75, 3.05) is 4.90 Å². The van der Waals surface area contributed by atoms with Crippen LogP contribution in [0, 0.1) is 5.82 Å². The molecule has 0 fully saturated rings. The lowest BCUT2D eigenvalue weighted by Crippen LogP contribution is -2.20. The summed E-state index contributed by atoms with van der Waals surface area (Å²) in [7, 11) is 0. The Morgan fingerprint density at radius 2 is 1.36 bits per heavy atom. The molecule has 0 unspecified atom stereocenters. The monoisotopic (exact) mass is 688 g/mol. The quantitative estimate of drug-likeness (QED) is 0.147. The Morgan fingerprint density at radius 3 is 1.87 bits per heavy atom. The van der Waals surface area contributed by atoms with E-state index in [1.165, 1.54) is 28.0 Å². The number of hydrogen-bond acceptors (Lipinski definition) is 1. The van der Waals surface area contributed by atoms with E-state index in [1.54, 1.807) is 6.07 Å². The Morgan fingerprint density at radius 1 is 0.809 bits per heavy atom. The van der Waals surface area contributed by atoms with Crippen molar-refractivity contribution in [1.82, 2.24) is 4.57 Å². The summed E-state index contributed by atoms with van der Waals surface area (Å²) in [6, 6.07) is 24.7. The van der Waals surface area contributed by atoms with Gasteiger partial charge in [0.25, 0.3) is 0 Å². The highest BCUT2D eigenvalue weighted by Gasteiger charge is 2.25. The first kappa shape index (κ1) is 34.2. The van der Waals surface area contributed by atoms with Gasteiger partial charge in [0.15, 0.2) is 0 Å². The third-order valence-corrected chi connectivity index (χ3v) is 9.49. The molecule has 4 heteroatoms. The highest BCUT2D eigenvalue weighted by Crippen LogP contribution is 2.44. The number of fused-ring (bicyclic) bond motifs is 3. The Labute approximate surface area is 288 Å². The van der Waals surface area contributed by atoms with Crippen LogP contribution in [-0.4, -0.2) is 4.57 Å². The van der Waals surface area contributed by atoms with Crippen molar-refractivity contribution in [1.29, 1.82) is 0 Å². The molecule has 0 aliphatic carbocycles. The van der Waals surface area contributed by atoms with E-state index in [1.807, 2.05) is 48.3 Å². The van der Waals surface area contributed by atoms with E-state index >= 15 is 4.39 Å². The Balaban J connectivity index is 1.94. The molecule has 0 aliphatic heterocycles. The van der Waals surface area contributed by atoms with E-state index in [0.717, 1.165) is 50.3 Å². The summed E-state index contributed by atoms with van der Waals surface area (Å²) in [5, 5.41) is 2.38. The van der Waals surface area contributed by atoms with Gasteiger partial charge in [-0.3, -0.25) is 0 Å². The number of rotatable bonds is 8. The van der Waals surface area contributed by atoms with Crippen LogP contribution in [-0.2, 0) is 10.8 Å². The van der Waals surface area contributed by atoms with Crippen LogP contribution >= 0.6 is 15.9 Å². The van der Waals surface area contributed by atoms with E-state index in [-0.39, 0.29) is 16.6 Å². The van der Waals surface area contributed by atoms with Gasteiger partial charge in [0.05, 0.1) is 26.9 Å². The highest BCUT2D eigenvalue weighted by atomic mass is 79.9. The Bertz CT molecular complexity index is 1990. The SMILES string of the molecule is C=C(/C=C\C)N(C(=C)/C=C\CC)c1cc(-c2ccccc2F)cc(-n2c3ccc(C(C)(C)C)cc3c3cc(C(C)(C)C)ccc32)c1Br. The smallest absolute Gasteiger partial charge is 0.131 e. The summed E-state index contributed by atoms with van der Waals surface area (Å²) in [6.07, 6.45) is 8.90. The summed E-state index contributed by atoms with van der Waals surface area (Å²) in [6.45, 7) is 26.4. The maximum atomic E-state index is 15.5. The van der Waals surface area contributed by atoms with E-state index in [2.05, 4.69) is 131 Å². The second-order valence-corrected chi connectivity index (χ2v) is 15.0. The molecule has 1 aromatic heterocycles. The lowest BCUT2D eigenvalue weighted by atomic mass is 9.85. The predicted octanol–water partition coefficient (Wildman–Crippen LogP) is 13.3. The molecule has 0 bridgehead atoms. The molecule has 47 heavy (non-hydrogen) atoms. The van der Waals surface area contributed by atoms with Crippen molar-refractivity contribution in [2.45, 2.75) is 72.6 Å². The summed E-state index contributed by atoms with van der Waals surface area (Å²) in [5.74, 6) is -0.276. The molecule has 0 saturated carbocycles. The average Bonchev–Trinajstić information content (AvgIpc) is 3.33. The number of aromatic nitrogens is 1. The molecule has 0 radical (unpaired) electrons. The van der Waals surface area contributed by atoms with Crippen LogP contribution in [0.4, 0.5) is 10.1 Å². The van der Waals surface area contributed by atoms with Gasteiger partial charge >= 0.3 is 0 Å². The van der Waals surface area contributed by atoms with E-state index < -0.39 is 0 Å². The Kier molecular flexibility index (Phi) is 9.57. The molecule has 0 aliphatic rings. The van der Waals surface area contributed by atoms with Crippen molar-refractivity contribution in [2.24, 2.45) is 0 Å². The van der Waals surface area contributed by atoms with Crippen molar-refractivity contribution < 1.29 is 4.39 Å². The predicted molar refractivity (Wildman–Crippen MR) is 206 cm³/mol. The molecule has 1 heterocycles. The van der Waals surface area contributed by atoms with Crippen LogP contribution < -0.4 is 4.90 Å². The molecule has 0 spiro atoms. The number of halogens is 2. The normalized spacial score (nSPS) is 12.6. The molecule has 242 valence electrons. The van der Waals surface area contributed by atoms with Gasteiger partial charge in [-0.2, -0.15) is 0 Å². The van der Waals surface area contributed by atoms with Gasteiger partial charge in [-0.15, -0.1) is 0 Å². The number of allylic oxidation sites excluding steroid dienone is 4. The minimum atomic E-state index is -0.276. The van der Waals surface area contributed by atoms with E-state index in [0.29, 0.717) is 5.56 Å². The second-order valence-electron chi connectivity index (χ2n) is 14.2. The summed E-state index contributed by atoms with van der Waals surface area (Å²) in [5.41, 5.74) is 9.22. The molecular weight excluding hydrogens is 643 g/mol. The largest absolute Gasteiger partial charge is 0.310 e. The number of hydrogen-bond donors (Lipinski definition) is 0. The zero-order chi connectivity index (χ0) is 34.3. The zero-order valence-electron chi connectivity index (χ0n) is 29.0. The van der Waals surface area contributed by atoms with Gasteiger partial charge in [-0.25, -0.2) is 4.39 Å². The molecule has 4 aromatic carbocycles. The van der Waals surface area contributed by atoms with Crippen LogP contribution in [0.2, 0.25) is 0 Å². The molecular formula is C43H46BrFN2. The van der Waals surface area contributed by atoms with Crippen LogP contribution in [0.3, 0.4) is 0 Å². The maximum Gasteiger partial charge on any atom is 0.131 e.